The number of hydrogen-bond donors (Lipinski definition) is 1. The number of rotatable bonds is 7. The van der Waals surface area contributed by atoms with E-state index in [1.807, 2.05) is 18.5 Å². The number of halogens is 1. The summed E-state index contributed by atoms with van der Waals surface area (Å²) in [5.74, 6) is 0.741. The summed E-state index contributed by atoms with van der Waals surface area (Å²) in [4.78, 5) is 4.47. The normalized spacial score (nSPS) is 12.6. The SMILES string of the molecule is CCCNC(c1cccc(F)c1)c1nccn1CCC. The molecule has 2 rings (SSSR count). The lowest BCUT2D eigenvalue weighted by Gasteiger charge is -2.20. The number of aryl methyl sites for hydroxylation is 1. The molecule has 0 bridgehead atoms. The van der Waals surface area contributed by atoms with Crippen molar-refractivity contribution in [3.05, 3.63) is 53.9 Å². The summed E-state index contributed by atoms with van der Waals surface area (Å²) in [7, 11) is 0. The number of benzene rings is 1. The molecule has 0 fully saturated rings. The van der Waals surface area contributed by atoms with Crippen LogP contribution in [0.1, 0.15) is 44.1 Å². The van der Waals surface area contributed by atoms with Crippen molar-refractivity contribution in [1.29, 1.82) is 0 Å². The Kier molecular flexibility index (Phi) is 5.30. The van der Waals surface area contributed by atoms with E-state index in [1.165, 1.54) is 6.07 Å². The lowest BCUT2D eigenvalue weighted by atomic mass is 10.1. The van der Waals surface area contributed by atoms with Crippen LogP contribution in [-0.2, 0) is 6.54 Å². The fraction of sp³-hybridized carbons (Fsp3) is 0.438. The minimum Gasteiger partial charge on any atom is -0.333 e. The van der Waals surface area contributed by atoms with E-state index in [-0.39, 0.29) is 11.9 Å². The zero-order chi connectivity index (χ0) is 14.4. The van der Waals surface area contributed by atoms with Crippen LogP contribution < -0.4 is 5.32 Å². The minimum atomic E-state index is -0.209. The first-order chi connectivity index (χ1) is 9.76. The molecular weight excluding hydrogens is 253 g/mol. The molecule has 1 aromatic heterocycles. The van der Waals surface area contributed by atoms with Crippen LogP contribution in [0.3, 0.4) is 0 Å². The van der Waals surface area contributed by atoms with Crippen LogP contribution in [0.5, 0.6) is 0 Å². The summed E-state index contributed by atoms with van der Waals surface area (Å²) >= 11 is 0. The molecule has 0 spiro atoms. The second-order valence-corrected chi connectivity index (χ2v) is 4.92. The molecule has 1 aromatic carbocycles. The Hall–Kier alpha value is -1.68. The summed E-state index contributed by atoms with van der Waals surface area (Å²) in [6.45, 7) is 6.06. The van der Waals surface area contributed by atoms with Gasteiger partial charge in [0.1, 0.15) is 11.6 Å². The predicted octanol–water partition coefficient (Wildman–Crippen LogP) is 3.52. The van der Waals surface area contributed by atoms with E-state index in [4.69, 9.17) is 0 Å². The van der Waals surface area contributed by atoms with Gasteiger partial charge in [0.15, 0.2) is 0 Å². The van der Waals surface area contributed by atoms with Gasteiger partial charge in [-0.25, -0.2) is 9.37 Å². The molecule has 0 amide bonds. The second-order valence-electron chi connectivity index (χ2n) is 4.92. The van der Waals surface area contributed by atoms with Crippen LogP contribution in [0, 0.1) is 5.82 Å². The Labute approximate surface area is 119 Å². The highest BCUT2D eigenvalue weighted by atomic mass is 19.1. The molecule has 1 atom stereocenters. The number of imidazole rings is 1. The summed E-state index contributed by atoms with van der Waals surface area (Å²) < 4.78 is 15.6. The van der Waals surface area contributed by atoms with Crippen LogP contribution in [0.15, 0.2) is 36.7 Å². The smallest absolute Gasteiger partial charge is 0.130 e. The topological polar surface area (TPSA) is 29.9 Å². The van der Waals surface area contributed by atoms with Crippen molar-refractivity contribution in [2.75, 3.05) is 6.54 Å². The molecule has 0 saturated carbocycles. The highest BCUT2D eigenvalue weighted by Crippen LogP contribution is 2.21. The van der Waals surface area contributed by atoms with Gasteiger partial charge < -0.3 is 9.88 Å². The molecule has 0 saturated heterocycles. The molecule has 1 N–H and O–H groups in total. The van der Waals surface area contributed by atoms with Gasteiger partial charge in [0.25, 0.3) is 0 Å². The Balaban J connectivity index is 2.33. The summed E-state index contributed by atoms with van der Waals surface area (Å²) in [5, 5.41) is 3.46. The first kappa shape index (κ1) is 14.7. The molecule has 0 aliphatic carbocycles. The molecule has 0 aliphatic rings. The van der Waals surface area contributed by atoms with Gasteiger partial charge in [-0.05, 0) is 37.1 Å². The van der Waals surface area contributed by atoms with Crippen molar-refractivity contribution < 1.29 is 4.39 Å². The van der Waals surface area contributed by atoms with Crippen molar-refractivity contribution >= 4 is 0 Å². The van der Waals surface area contributed by atoms with Crippen LogP contribution >= 0.6 is 0 Å². The van der Waals surface area contributed by atoms with Gasteiger partial charge in [0, 0.05) is 18.9 Å². The van der Waals surface area contributed by atoms with Crippen molar-refractivity contribution in [2.24, 2.45) is 0 Å². The lowest BCUT2D eigenvalue weighted by molar-refractivity contribution is 0.526. The maximum Gasteiger partial charge on any atom is 0.130 e. The molecule has 1 heterocycles. The molecule has 3 nitrogen and oxygen atoms in total. The first-order valence-electron chi connectivity index (χ1n) is 7.26. The fourth-order valence-electron chi connectivity index (χ4n) is 2.34. The second kappa shape index (κ2) is 7.20. The minimum absolute atomic E-state index is 0.0628. The van der Waals surface area contributed by atoms with E-state index in [9.17, 15) is 4.39 Å². The summed E-state index contributed by atoms with van der Waals surface area (Å²) in [6, 6.07) is 6.68. The molecule has 0 radical (unpaired) electrons. The Morgan fingerprint density at radius 2 is 2.15 bits per heavy atom. The number of hydrogen-bond acceptors (Lipinski definition) is 2. The third kappa shape index (κ3) is 3.45. The lowest BCUT2D eigenvalue weighted by Crippen LogP contribution is -2.26. The van der Waals surface area contributed by atoms with E-state index in [1.54, 1.807) is 12.1 Å². The molecule has 4 heteroatoms. The highest BCUT2D eigenvalue weighted by Gasteiger charge is 2.18. The summed E-state index contributed by atoms with van der Waals surface area (Å²) in [5.41, 5.74) is 0.919. The highest BCUT2D eigenvalue weighted by molar-refractivity contribution is 5.26. The average molecular weight is 275 g/mol. The van der Waals surface area contributed by atoms with Crippen LogP contribution in [-0.4, -0.2) is 16.1 Å². The average Bonchev–Trinajstić information content (AvgIpc) is 2.88. The third-order valence-corrected chi connectivity index (χ3v) is 3.25. The maximum atomic E-state index is 13.5. The molecule has 0 aliphatic heterocycles. The van der Waals surface area contributed by atoms with Crippen molar-refractivity contribution in [1.82, 2.24) is 14.9 Å². The molecule has 108 valence electrons. The third-order valence-electron chi connectivity index (χ3n) is 3.25. The quantitative estimate of drug-likeness (QED) is 0.838. The van der Waals surface area contributed by atoms with Crippen LogP contribution in [0.4, 0.5) is 4.39 Å². The molecular formula is C16H22FN3. The van der Waals surface area contributed by atoms with Gasteiger partial charge in [-0.15, -0.1) is 0 Å². The van der Waals surface area contributed by atoms with E-state index < -0.39 is 0 Å². The van der Waals surface area contributed by atoms with Gasteiger partial charge in [-0.3, -0.25) is 0 Å². The standard InChI is InChI=1S/C16H22FN3/c1-3-8-18-15(13-6-5-7-14(17)12-13)16-19-9-11-20(16)10-4-2/h5-7,9,11-12,15,18H,3-4,8,10H2,1-2H3. The number of aromatic nitrogens is 2. The van der Waals surface area contributed by atoms with Crippen molar-refractivity contribution in [3.63, 3.8) is 0 Å². The van der Waals surface area contributed by atoms with Gasteiger partial charge in [0.2, 0.25) is 0 Å². The molecule has 1 unspecified atom stereocenters. The van der Waals surface area contributed by atoms with E-state index in [0.717, 1.165) is 37.3 Å². The zero-order valence-corrected chi connectivity index (χ0v) is 12.1. The molecule has 2 aromatic rings. The number of nitrogens with one attached hydrogen (secondary N) is 1. The maximum absolute atomic E-state index is 13.5. The Morgan fingerprint density at radius 1 is 1.30 bits per heavy atom. The van der Waals surface area contributed by atoms with E-state index in [2.05, 4.69) is 28.7 Å². The van der Waals surface area contributed by atoms with Gasteiger partial charge in [0.05, 0.1) is 6.04 Å². The van der Waals surface area contributed by atoms with Gasteiger partial charge >= 0.3 is 0 Å². The Morgan fingerprint density at radius 3 is 2.85 bits per heavy atom. The largest absolute Gasteiger partial charge is 0.333 e. The first-order valence-corrected chi connectivity index (χ1v) is 7.26. The van der Waals surface area contributed by atoms with Crippen LogP contribution in [0.25, 0.3) is 0 Å². The Bertz CT molecular complexity index is 536. The fourth-order valence-corrected chi connectivity index (χ4v) is 2.34. The van der Waals surface area contributed by atoms with Gasteiger partial charge in [-0.1, -0.05) is 26.0 Å². The number of nitrogens with zero attached hydrogens (tertiary/aromatic N) is 2. The van der Waals surface area contributed by atoms with E-state index >= 15 is 0 Å². The predicted molar refractivity (Wildman–Crippen MR) is 79.1 cm³/mol. The summed E-state index contributed by atoms with van der Waals surface area (Å²) in [6.07, 6.45) is 5.87. The van der Waals surface area contributed by atoms with E-state index in [0.29, 0.717) is 0 Å². The monoisotopic (exact) mass is 275 g/mol. The molecule has 20 heavy (non-hydrogen) atoms. The van der Waals surface area contributed by atoms with Gasteiger partial charge in [-0.2, -0.15) is 0 Å². The van der Waals surface area contributed by atoms with Crippen molar-refractivity contribution in [2.45, 2.75) is 39.3 Å². The zero-order valence-electron chi connectivity index (χ0n) is 12.1. The van der Waals surface area contributed by atoms with Crippen LogP contribution in [0.2, 0.25) is 0 Å². The van der Waals surface area contributed by atoms with Crippen molar-refractivity contribution in [3.8, 4) is 0 Å².